The van der Waals surface area contributed by atoms with Gasteiger partial charge in [0.15, 0.2) is 0 Å². The summed E-state index contributed by atoms with van der Waals surface area (Å²) >= 11 is 0. The Bertz CT molecular complexity index is 780. The van der Waals surface area contributed by atoms with Crippen LogP contribution in [0.2, 0.25) is 0 Å². The Morgan fingerprint density at radius 1 is 1.26 bits per heavy atom. The van der Waals surface area contributed by atoms with Gasteiger partial charge < -0.3 is 10.2 Å². The summed E-state index contributed by atoms with van der Waals surface area (Å²) in [5, 5.41) is 11.7. The largest absolute Gasteiger partial charge is 0.354 e. The Kier molecular flexibility index (Phi) is 5.93. The van der Waals surface area contributed by atoms with Gasteiger partial charge in [0.1, 0.15) is 0 Å². The average molecular weight is 372 g/mol. The van der Waals surface area contributed by atoms with E-state index in [0.717, 1.165) is 11.4 Å². The summed E-state index contributed by atoms with van der Waals surface area (Å²) in [6, 6.07) is 4.02. The van der Waals surface area contributed by atoms with Crippen LogP contribution in [-0.2, 0) is 35.6 Å². The van der Waals surface area contributed by atoms with Crippen LogP contribution in [0.25, 0.3) is 0 Å². The summed E-state index contributed by atoms with van der Waals surface area (Å²) in [5.41, 5.74) is 1.93. The molecule has 0 saturated heterocycles. The molecule has 0 spiro atoms. The van der Waals surface area contributed by atoms with Crippen molar-refractivity contribution in [2.45, 2.75) is 59.3 Å². The molecular weight excluding hydrogens is 344 g/mol. The number of amides is 2. The molecule has 8 heteroatoms. The van der Waals surface area contributed by atoms with Gasteiger partial charge in [-0.3, -0.25) is 19.0 Å². The molecule has 2 aromatic heterocycles. The first-order valence-corrected chi connectivity index (χ1v) is 9.53. The van der Waals surface area contributed by atoms with Gasteiger partial charge in [-0.15, -0.1) is 0 Å². The molecule has 1 atom stereocenters. The highest BCUT2D eigenvalue weighted by Gasteiger charge is 2.26. The molecule has 0 aliphatic carbocycles. The van der Waals surface area contributed by atoms with Gasteiger partial charge in [-0.05, 0) is 26.0 Å². The molecule has 8 nitrogen and oxygen atoms in total. The number of fused-ring (bicyclic) bond motifs is 1. The molecule has 0 aromatic carbocycles. The van der Waals surface area contributed by atoms with Crippen LogP contribution in [0.5, 0.6) is 0 Å². The summed E-state index contributed by atoms with van der Waals surface area (Å²) in [5.74, 6) is 0.0506. The van der Waals surface area contributed by atoms with E-state index in [9.17, 15) is 9.59 Å². The predicted octanol–water partition coefficient (Wildman–Crippen LogP) is 1.22. The number of hydrogen-bond donors (Lipinski definition) is 1. The van der Waals surface area contributed by atoms with E-state index in [4.69, 9.17) is 0 Å². The third-order valence-electron chi connectivity index (χ3n) is 4.66. The zero-order chi connectivity index (χ0) is 19.4. The lowest BCUT2D eigenvalue weighted by atomic mass is 10.1. The number of hydrogen-bond acceptors (Lipinski definition) is 4. The van der Waals surface area contributed by atoms with Crippen LogP contribution >= 0.6 is 0 Å². The zero-order valence-electron chi connectivity index (χ0n) is 16.3. The Morgan fingerprint density at radius 3 is 2.78 bits per heavy atom. The second-order valence-corrected chi connectivity index (χ2v) is 7.46. The van der Waals surface area contributed by atoms with E-state index in [1.807, 2.05) is 48.7 Å². The highest BCUT2D eigenvalue weighted by atomic mass is 16.2. The van der Waals surface area contributed by atoms with E-state index in [-0.39, 0.29) is 23.8 Å². The van der Waals surface area contributed by atoms with Crippen molar-refractivity contribution in [2.75, 3.05) is 6.54 Å². The normalized spacial score (nSPS) is 14.9. The fourth-order valence-corrected chi connectivity index (χ4v) is 3.35. The first kappa shape index (κ1) is 19.1. The summed E-state index contributed by atoms with van der Waals surface area (Å²) in [6.07, 6.45) is 4.64. The van der Waals surface area contributed by atoms with Crippen molar-refractivity contribution in [1.29, 1.82) is 0 Å². The van der Waals surface area contributed by atoms with Gasteiger partial charge in [0.25, 0.3) is 0 Å². The third kappa shape index (κ3) is 4.96. The fourth-order valence-electron chi connectivity index (χ4n) is 3.35. The van der Waals surface area contributed by atoms with Crippen LogP contribution in [0.4, 0.5) is 0 Å². The molecule has 1 N–H and O–H groups in total. The topological polar surface area (TPSA) is 85.0 Å². The smallest absolute Gasteiger partial charge is 0.227 e. The van der Waals surface area contributed by atoms with Gasteiger partial charge in [0, 0.05) is 37.8 Å². The molecule has 3 heterocycles. The lowest BCUT2D eigenvalue weighted by Gasteiger charge is -2.30. The number of rotatable bonds is 7. The van der Waals surface area contributed by atoms with Crippen LogP contribution in [-0.4, -0.2) is 48.9 Å². The number of carbonyl (C=O) groups is 2. The van der Waals surface area contributed by atoms with Crippen molar-refractivity contribution in [2.24, 2.45) is 5.92 Å². The van der Waals surface area contributed by atoms with Gasteiger partial charge in [-0.2, -0.15) is 10.2 Å². The molecule has 27 heavy (non-hydrogen) atoms. The number of nitrogens with zero attached hydrogens (tertiary/aromatic N) is 5. The van der Waals surface area contributed by atoms with Gasteiger partial charge in [0.2, 0.25) is 11.8 Å². The molecule has 2 amide bonds. The Balaban J connectivity index is 1.55. The zero-order valence-corrected chi connectivity index (χ0v) is 16.3. The van der Waals surface area contributed by atoms with Crippen molar-refractivity contribution >= 4 is 11.8 Å². The Hall–Kier alpha value is -2.64. The summed E-state index contributed by atoms with van der Waals surface area (Å²) in [6.45, 7) is 8.33. The minimum Gasteiger partial charge on any atom is -0.354 e. The standard InChI is InChI=1S/C19H28N6O2/c1-14(2)21-18(26)6-5-16-11-17-13-23(9-10-25(17)22-16)19(27)15(3)12-24-8-4-7-20-24/h4,7-8,11,14-15H,5-6,9-10,12-13H2,1-3H3,(H,21,26)/t15-/m1/s1. The average Bonchev–Trinajstić information content (AvgIpc) is 3.27. The molecule has 0 unspecified atom stereocenters. The first-order valence-electron chi connectivity index (χ1n) is 9.53. The molecule has 2 aromatic rings. The monoisotopic (exact) mass is 372 g/mol. The minimum atomic E-state index is -0.126. The van der Waals surface area contributed by atoms with Crippen molar-refractivity contribution in [1.82, 2.24) is 29.8 Å². The molecule has 0 saturated carbocycles. The van der Waals surface area contributed by atoms with Gasteiger partial charge in [-0.25, -0.2) is 0 Å². The second kappa shape index (κ2) is 8.37. The maximum Gasteiger partial charge on any atom is 0.227 e. The summed E-state index contributed by atoms with van der Waals surface area (Å²) in [7, 11) is 0. The number of aryl methyl sites for hydroxylation is 1. The molecule has 1 aliphatic heterocycles. The number of aromatic nitrogens is 4. The van der Waals surface area contributed by atoms with Crippen LogP contribution in [0, 0.1) is 5.92 Å². The van der Waals surface area contributed by atoms with Crippen LogP contribution in [0.3, 0.4) is 0 Å². The molecule has 146 valence electrons. The van der Waals surface area contributed by atoms with E-state index in [1.54, 1.807) is 10.9 Å². The van der Waals surface area contributed by atoms with Gasteiger partial charge >= 0.3 is 0 Å². The van der Waals surface area contributed by atoms with Crippen molar-refractivity contribution < 1.29 is 9.59 Å². The van der Waals surface area contributed by atoms with E-state index in [1.165, 1.54) is 0 Å². The molecule has 3 rings (SSSR count). The highest BCUT2D eigenvalue weighted by Crippen LogP contribution is 2.17. The summed E-state index contributed by atoms with van der Waals surface area (Å²) in [4.78, 5) is 26.5. The third-order valence-corrected chi connectivity index (χ3v) is 4.66. The molecule has 0 radical (unpaired) electrons. The molecular formula is C19H28N6O2. The number of carbonyl (C=O) groups excluding carboxylic acids is 2. The second-order valence-electron chi connectivity index (χ2n) is 7.46. The molecule has 1 aliphatic rings. The van der Waals surface area contributed by atoms with E-state index >= 15 is 0 Å². The molecule has 0 bridgehead atoms. The minimum absolute atomic E-state index is 0.0419. The number of nitrogens with one attached hydrogen (secondary N) is 1. The maximum absolute atomic E-state index is 12.8. The summed E-state index contributed by atoms with van der Waals surface area (Å²) < 4.78 is 3.74. The SMILES string of the molecule is CC(C)NC(=O)CCc1cc2n(n1)CCN(C(=O)[C@H](C)Cn1cccn1)C2. The van der Waals surface area contributed by atoms with Crippen molar-refractivity contribution in [3.05, 3.63) is 35.9 Å². The van der Waals surface area contributed by atoms with E-state index in [0.29, 0.717) is 39.0 Å². The highest BCUT2D eigenvalue weighted by molar-refractivity contribution is 5.78. The Labute approximate surface area is 159 Å². The maximum atomic E-state index is 12.8. The quantitative estimate of drug-likeness (QED) is 0.792. The van der Waals surface area contributed by atoms with Crippen LogP contribution in [0.1, 0.15) is 38.6 Å². The van der Waals surface area contributed by atoms with Crippen molar-refractivity contribution in [3.63, 3.8) is 0 Å². The first-order chi connectivity index (χ1) is 12.9. The fraction of sp³-hybridized carbons (Fsp3) is 0.579. The predicted molar refractivity (Wildman–Crippen MR) is 101 cm³/mol. The lowest BCUT2D eigenvalue weighted by Crippen LogP contribution is -2.41. The lowest BCUT2D eigenvalue weighted by molar-refractivity contribution is -0.137. The van der Waals surface area contributed by atoms with Gasteiger partial charge in [0.05, 0.1) is 36.9 Å². The van der Waals surface area contributed by atoms with Crippen LogP contribution in [0.15, 0.2) is 24.5 Å². The van der Waals surface area contributed by atoms with Gasteiger partial charge in [-0.1, -0.05) is 6.92 Å². The van der Waals surface area contributed by atoms with E-state index < -0.39 is 0 Å². The Morgan fingerprint density at radius 2 is 2.07 bits per heavy atom. The molecule has 0 fully saturated rings. The van der Waals surface area contributed by atoms with Crippen LogP contribution < -0.4 is 5.32 Å². The van der Waals surface area contributed by atoms with E-state index in [2.05, 4.69) is 15.5 Å². The van der Waals surface area contributed by atoms with Crippen molar-refractivity contribution in [3.8, 4) is 0 Å².